The number of nitrogens with one attached hydrogen (secondary N) is 1. The van der Waals surface area contributed by atoms with Crippen LogP contribution in [0.2, 0.25) is 0 Å². The van der Waals surface area contributed by atoms with Crippen molar-refractivity contribution >= 4 is 0 Å². The van der Waals surface area contributed by atoms with E-state index in [1.807, 2.05) is 12.1 Å². The van der Waals surface area contributed by atoms with E-state index < -0.39 is 0 Å². The first-order valence-corrected chi connectivity index (χ1v) is 6.64. The van der Waals surface area contributed by atoms with Crippen molar-refractivity contribution in [2.75, 3.05) is 7.11 Å². The molecule has 0 aliphatic heterocycles. The summed E-state index contributed by atoms with van der Waals surface area (Å²) in [7, 11) is 1.68. The van der Waals surface area contributed by atoms with E-state index in [2.05, 4.69) is 39.1 Å². The van der Waals surface area contributed by atoms with Crippen LogP contribution < -0.4 is 14.8 Å². The lowest BCUT2D eigenvalue weighted by atomic mass is 10.1. The number of para-hydroxylation sites is 1. The Morgan fingerprint density at radius 1 is 1.22 bits per heavy atom. The van der Waals surface area contributed by atoms with Crippen molar-refractivity contribution in [2.45, 2.75) is 52.8 Å². The molecule has 0 aromatic heterocycles. The van der Waals surface area contributed by atoms with E-state index in [-0.39, 0.29) is 6.10 Å². The van der Waals surface area contributed by atoms with Crippen molar-refractivity contribution in [1.82, 2.24) is 5.32 Å². The van der Waals surface area contributed by atoms with Gasteiger partial charge >= 0.3 is 0 Å². The Bertz CT molecular complexity index is 364. The quantitative estimate of drug-likeness (QED) is 0.806. The van der Waals surface area contributed by atoms with Gasteiger partial charge in [0.05, 0.1) is 13.2 Å². The van der Waals surface area contributed by atoms with Crippen molar-refractivity contribution in [2.24, 2.45) is 0 Å². The SMILES string of the molecule is CCC(C)Oc1c(CNC(C)C)cccc1OC. The fraction of sp³-hybridized carbons (Fsp3) is 0.600. The van der Waals surface area contributed by atoms with Crippen molar-refractivity contribution in [1.29, 1.82) is 0 Å². The summed E-state index contributed by atoms with van der Waals surface area (Å²) < 4.78 is 11.4. The van der Waals surface area contributed by atoms with E-state index in [0.29, 0.717) is 6.04 Å². The average molecular weight is 251 g/mol. The zero-order valence-electron chi connectivity index (χ0n) is 12.1. The van der Waals surface area contributed by atoms with Crippen LogP contribution >= 0.6 is 0 Å². The lowest BCUT2D eigenvalue weighted by molar-refractivity contribution is 0.205. The molecule has 3 heteroatoms. The summed E-state index contributed by atoms with van der Waals surface area (Å²) in [5.74, 6) is 1.67. The number of rotatable bonds is 7. The van der Waals surface area contributed by atoms with Crippen molar-refractivity contribution in [3.05, 3.63) is 23.8 Å². The van der Waals surface area contributed by atoms with Gasteiger partial charge in [0.2, 0.25) is 0 Å². The lowest BCUT2D eigenvalue weighted by Gasteiger charge is -2.19. The molecule has 0 amide bonds. The van der Waals surface area contributed by atoms with E-state index in [9.17, 15) is 0 Å². The van der Waals surface area contributed by atoms with Crippen LogP contribution in [-0.4, -0.2) is 19.3 Å². The molecule has 1 aromatic rings. The van der Waals surface area contributed by atoms with Crippen LogP contribution in [0.5, 0.6) is 11.5 Å². The summed E-state index contributed by atoms with van der Waals surface area (Å²) >= 11 is 0. The van der Waals surface area contributed by atoms with Crippen molar-refractivity contribution < 1.29 is 9.47 Å². The molecule has 0 heterocycles. The highest BCUT2D eigenvalue weighted by Gasteiger charge is 2.13. The van der Waals surface area contributed by atoms with Crippen LogP contribution in [0.25, 0.3) is 0 Å². The molecule has 1 aromatic carbocycles. The van der Waals surface area contributed by atoms with E-state index in [1.165, 1.54) is 0 Å². The van der Waals surface area contributed by atoms with Gasteiger partial charge in [-0.1, -0.05) is 32.9 Å². The fourth-order valence-corrected chi connectivity index (χ4v) is 1.59. The third-order valence-electron chi connectivity index (χ3n) is 2.88. The zero-order chi connectivity index (χ0) is 13.5. The monoisotopic (exact) mass is 251 g/mol. The average Bonchev–Trinajstić information content (AvgIpc) is 2.36. The first kappa shape index (κ1) is 14.8. The molecule has 0 saturated carbocycles. The molecule has 102 valence electrons. The summed E-state index contributed by atoms with van der Waals surface area (Å²) in [6.07, 6.45) is 1.17. The van der Waals surface area contributed by atoms with Gasteiger partial charge in [0.15, 0.2) is 11.5 Å². The Morgan fingerprint density at radius 2 is 1.94 bits per heavy atom. The van der Waals surface area contributed by atoms with E-state index >= 15 is 0 Å². The number of hydrogen-bond acceptors (Lipinski definition) is 3. The third kappa shape index (κ3) is 4.22. The Kier molecular flexibility index (Phi) is 5.99. The minimum Gasteiger partial charge on any atom is -0.493 e. The third-order valence-corrected chi connectivity index (χ3v) is 2.88. The summed E-state index contributed by atoms with van der Waals surface area (Å²) in [5.41, 5.74) is 1.14. The molecule has 0 spiro atoms. The molecule has 0 saturated heterocycles. The highest BCUT2D eigenvalue weighted by molar-refractivity contribution is 5.46. The molecular formula is C15H25NO2. The standard InChI is InChI=1S/C15H25NO2/c1-6-12(4)18-15-13(10-16-11(2)3)8-7-9-14(15)17-5/h7-9,11-12,16H,6,10H2,1-5H3. The minimum absolute atomic E-state index is 0.194. The maximum atomic E-state index is 5.98. The van der Waals surface area contributed by atoms with Crippen LogP contribution in [0.1, 0.15) is 39.7 Å². The van der Waals surface area contributed by atoms with Gasteiger partial charge in [-0.25, -0.2) is 0 Å². The fourth-order valence-electron chi connectivity index (χ4n) is 1.59. The van der Waals surface area contributed by atoms with Gasteiger partial charge in [0, 0.05) is 18.2 Å². The van der Waals surface area contributed by atoms with E-state index in [4.69, 9.17) is 9.47 Å². The van der Waals surface area contributed by atoms with Gasteiger partial charge in [-0.2, -0.15) is 0 Å². The van der Waals surface area contributed by atoms with Crippen molar-refractivity contribution in [3.8, 4) is 11.5 Å². The predicted octanol–water partition coefficient (Wildman–Crippen LogP) is 3.37. The first-order chi connectivity index (χ1) is 8.58. The van der Waals surface area contributed by atoms with Crippen molar-refractivity contribution in [3.63, 3.8) is 0 Å². The van der Waals surface area contributed by atoms with Gasteiger partial charge in [-0.3, -0.25) is 0 Å². The maximum Gasteiger partial charge on any atom is 0.166 e. The zero-order valence-corrected chi connectivity index (χ0v) is 12.1. The molecule has 18 heavy (non-hydrogen) atoms. The summed E-state index contributed by atoms with van der Waals surface area (Å²) in [4.78, 5) is 0. The van der Waals surface area contributed by atoms with Crippen LogP contribution in [0.3, 0.4) is 0 Å². The highest BCUT2D eigenvalue weighted by Crippen LogP contribution is 2.32. The molecule has 0 radical (unpaired) electrons. The van der Waals surface area contributed by atoms with Gasteiger partial charge in [-0.15, -0.1) is 0 Å². The maximum absolute atomic E-state index is 5.98. The van der Waals surface area contributed by atoms with Gasteiger partial charge in [0.25, 0.3) is 0 Å². The second kappa shape index (κ2) is 7.27. The predicted molar refractivity (Wildman–Crippen MR) is 75.4 cm³/mol. The van der Waals surface area contributed by atoms with Gasteiger partial charge in [0.1, 0.15) is 0 Å². The molecule has 0 aliphatic rings. The van der Waals surface area contributed by atoms with Crippen LogP contribution in [0.4, 0.5) is 0 Å². The molecule has 0 aliphatic carbocycles. The molecule has 1 unspecified atom stereocenters. The Labute approximate surface area is 110 Å². The number of ether oxygens (including phenoxy) is 2. The smallest absolute Gasteiger partial charge is 0.166 e. The molecular weight excluding hydrogens is 226 g/mol. The molecule has 1 N–H and O–H groups in total. The van der Waals surface area contributed by atoms with E-state index in [1.54, 1.807) is 7.11 Å². The Hall–Kier alpha value is -1.22. The topological polar surface area (TPSA) is 30.5 Å². The van der Waals surface area contributed by atoms with Gasteiger partial charge in [-0.05, 0) is 19.4 Å². The van der Waals surface area contributed by atoms with Gasteiger partial charge < -0.3 is 14.8 Å². The Balaban J connectivity index is 2.92. The normalized spacial score (nSPS) is 12.6. The summed E-state index contributed by atoms with van der Waals surface area (Å²) in [6.45, 7) is 9.25. The summed E-state index contributed by atoms with van der Waals surface area (Å²) in [6, 6.07) is 6.47. The largest absolute Gasteiger partial charge is 0.493 e. The highest BCUT2D eigenvalue weighted by atomic mass is 16.5. The second-order valence-corrected chi connectivity index (χ2v) is 4.82. The summed E-state index contributed by atoms with van der Waals surface area (Å²) in [5, 5.41) is 3.41. The first-order valence-electron chi connectivity index (χ1n) is 6.64. The molecule has 0 fully saturated rings. The lowest BCUT2D eigenvalue weighted by Crippen LogP contribution is -2.23. The minimum atomic E-state index is 0.194. The van der Waals surface area contributed by atoms with Crippen LogP contribution in [-0.2, 0) is 6.54 Å². The molecule has 3 nitrogen and oxygen atoms in total. The number of benzene rings is 1. The second-order valence-electron chi connectivity index (χ2n) is 4.82. The molecule has 0 bridgehead atoms. The molecule has 1 atom stereocenters. The number of methoxy groups -OCH3 is 1. The Morgan fingerprint density at radius 3 is 2.50 bits per heavy atom. The molecule has 1 rings (SSSR count). The van der Waals surface area contributed by atoms with Crippen LogP contribution in [0.15, 0.2) is 18.2 Å². The van der Waals surface area contributed by atoms with Crippen LogP contribution in [0, 0.1) is 0 Å². The van der Waals surface area contributed by atoms with E-state index in [0.717, 1.165) is 30.0 Å². The number of hydrogen-bond donors (Lipinski definition) is 1.